The Bertz CT molecular complexity index is 509. The van der Waals surface area contributed by atoms with E-state index in [4.69, 9.17) is 11.6 Å². The number of amides is 1. The van der Waals surface area contributed by atoms with Gasteiger partial charge in [-0.2, -0.15) is 0 Å². The van der Waals surface area contributed by atoms with Crippen molar-refractivity contribution in [2.75, 3.05) is 6.54 Å². The topological polar surface area (TPSA) is 49.3 Å². The number of nitrogens with one attached hydrogen (secondary N) is 1. The summed E-state index contributed by atoms with van der Waals surface area (Å²) in [7, 11) is 0. The van der Waals surface area contributed by atoms with Gasteiger partial charge in [0.15, 0.2) is 0 Å². The van der Waals surface area contributed by atoms with Gasteiger partial charge in [0, 0.05) is 12.1 Å². The number of hydrogen-bond acceptors (Lipinski definition) is 2. The molecule has 1 aromatic rings. The van der Waals surface area contributed by atoms with E-state index in [9.17, 15) is 14.3 Å². The van der Waals surface area contributed by atoms with Crippen molar-refractivity contribution in [1.29, 1.82) is 0 Å². The average molecular weight is 300 g/mol. The zero-order chi connectivity index (χ0) is 14.8. The van der Waals surface area contributed by atoms with E-state index in [2.05, 4.69) is 12.2 Å². The first-order chi connectivity index (χ1) is 9.39. The third-order valence-electron chi connectivity index (χ3n) is 3.83. The van der Waals surface area contributed by atoms with Crippen molar-refractivity contribution >= 4 is 17.5 Å². The molecule has 1 aliphatic carbocycles. The molecule has 1 aliphatic rings. The first kappa shape index (κ1) is 15.3. The smallest absolute Gasteiger partial charge is 0.251 e. The minimum atomic E-state index is -0.836. The van der Waals surface area contributed by atoms with Crippen LogP contribution in [0.3, 0.4) is 0 Å². The number of halogens is 2. The summed E-state index contributed by atoms with van der Waals surface area (Å²) in [6.45, 7) is 2.32. The number of carbonyl (C=O) groups excluding carboxylic acids is 1. The molecule has 0 heterocycles. The Morgan fingerprint density at radius 2 is 2.35 bits per heavy atom. The van der Waals surface area contributed by atoms with Crippen LogP contribution in [-0.4, -0.2) is 23.2 Å². The number of rotatable bonds is 3. The van der Waals surface area contributed by atoms with Gasteiger partial charge in [0.05, 0.1) is 10.6 Å². The Balaban J connectivity index is 1.96. The summed E-state index contributed by atoms with van der Waals surface area (Å²) in [5.74, 6) is -0.438. The summed E-state index contributed by atoms with van der Waals surface area (Å²) in [4.78, 5) is 12.0. The Morgan fingerprint density at radius 3 is 3.00 bits per heavy atom. The predicted octanol–water partition coefficient (Wildman–Crippen LogP) is 3.15. The molecule has 0 spiro atoms. The molecule has 110 valence electrons. The summed E-state index contributed by atoms with van der Waals surface area (Å²) in [6, 6.07) is 3.83. The molecule has 2 unspecified atom stereocenters. The first-order valence-electron chi connectivity index (χ1n) is 6.85. The zero-order valence-electron chi connectivity index (χ0n) is 11.5. The van der Waals surface area contributed by atoms with E-state index in [0.29, 0.717) is 24.3 Å². The molecule has 0 bridgehead atoms. The van der Waals surface area contributed by atoms with Crippen molar-refractivity contribution in [3.63, 3.8) is 0 Å². The Labute approximate surface area is 123 Å². The molecule has 2 N–H and O–H groups in total. The molecule has 1 aromatic carbocycles. The van der Waals surface area contributed by atoms with Gasteiger partial charge in [0.2, 0.25) is 0 Å². The second-order valence-corrected chi connectivity index (χ2v) is 6.14. The maximum atomic E-state index is 13.0. The van der Waals surface area contributed by atoms with Gasteiger partial charge in [-0.05, 0) is 37.0 Å². The standard InChI is InChI=1S/C15H19ClFNO2/c1-10-3-2-6-15(20,8-10)9-18-14(19)11-4-5-13(17)12(16)7-11/h4-5,7,10,20H,2-3,6,8-9H2,1H3,(H,18,19). The molecular formula is C15H19ClFNO2. The predicted molar refractivity (Wildman–Crippen MR) is 76.3 cm³/mol. The van der Waals surface area contributed by atoms with Crippen molar-refractivity contribution in [3.05, 3.63) is 34.6 Å². The Hall–Kier alpha value is -1.13. The van der Waals surface area contributed by atoms with Gasteiger partial charge in [-0.25, -0.2) is 4.39 Å². The van der Waals surface area contributed by atoms with Crippen LogP contribution in [0.25, 0.3) is 0 Å². The van der Waals surface area contributed by atoms with E-state index in [1.807, 2.05) is 0 Å². The van der Waals surface area contributed by atoms with Crippen LogP contribution in [0, 0.1) is 11.7 Å². The molecule has 1 saturated carbocycles. The molecule has 2 atom stereocenters. The van der Waals surface area contributed by atoms with E-state index in [1.165, 1.54) is 12.1 Å². The SMILES string of the molecule is CC1CCCC(O)(CNC(=O)c2ccc(F)c(Cl)c2)C1. The number of carbonyl (C=O) groups is 1. The third kappa shape index (κ3) is 3.70. The zero-order valence-corrected chi connectivity index (χ0v) is 12.2. The lowest BCUT2D eigenvalue weighted by Crippen LogP contribution is -2.45. The van der Waals surface area contributed by atoms with E-state index < -0.39 is 11.4 Å². The van der Waals surface area contributed by atoms with E-state index in [0.717, 1.165) is 18.9 Å². The van der Waals surface area contributed by atoms with E-state index in [-0.39, 0.29) is 17.5 Å². The average Bonchev–Trinajstić information content (AvgIpc) is 2.39. The lowest BCUT2D eigenvalue weighted by Gasteiger charge is -2.35. The highest BCUT2D eigenvalue weighted by Gasteiger charge is 2.32. The molecule has 20 heavy (non-hydrogen) atoms. The Morgan fingerprint density at radius 1 is 1.60 bits per heavy atom. The van der Waals surface area contributed by atoms with Gasteiger partial charge in [-0.1, -0.05) is 31.4 Å². The lowest BCUT2D eigenvalue weighted by molar-refractivity contribution is -0.0109. The third-order valence-corrected chi connectivity index (χ3v) is 4.12. The van der Waals surface area contributed by atoms with Crippen LogP contribution in [0.15, 0.2) is 18.2 Å². The molecule has 0 saturated heterocycles. The van der Waals surface area contributed by atoms with E-state index >= 15 is 0 Å². The van der Waals surface area contributed by atoms with Crippen LogP contribution < -0.4 is 5.32 Å². The largest absolute Gasteiger partial charge is 0.388 e. The van der Waals surface area contributed by atoms with Gasteiger partial charge in [-0.3, -0.25) is 4.79 Å². The lowest BCUT2D eigenvalue weighted by atomic mass is 9.79. The summed E-state index contributed by atoms with van der Waals surface area (Å²) >= 11 is 5.65. The highest BCUT2D eigenvalue weighted by atomic mass is 35.5. The minimum absolute atomic E-state index is 0.0809. The maximum Gasteiger partial charge on any atom is 0.251 e. The second-order valence-electron chi connectivity index (χ2n) is 5.74. The first-order valence-corrected chi connectivity index (χ1v) is 7.23. The molecule has 5 heteroatoms. The monoisotopic (exact) mass is 299 g/mol. The van der Waals surface area contributed by atoms with Crippen molar-refractivity contribution in [2.24, 2.45) is 5.92 Å². The molecular weight excluding hydrogens is 281 g/mol. The molecule has 0 aromatic heterocycles. The maximum absolute atomic E-state index is 13.0. The van der Waals surface area contributed by atoms with Gasteiger partial charge in [0.1, 0.15) is 5.82 Å². The van der Waals surface area contributed by atoms with Crippen molar-refractivity contribution in [2.45, 2.75) is 38.2 Å². The fourth-order valence-electron chi connectivity index (χ4n) is 2.78. The molecule has 0 radical (unpaired) electrons. The van der Waals surface area contributed by atoms with Crippen LogP contribution in [0.4, 0.5) is 4.39 Å². The van der Waals surface area contributed by atoms with Crippen LogP contribution >= 0.6 is 11.6 Å². The van der Waals surface area contributed by atoms with Gasteiger partial charge in [0.25, 0.3) is 5.91 Å². The van der Waals surface area contributed by atoms with Gasteiger partial charge in [-0.15, -0.1) is 0 Å². The summed E-state index contributed by atoms with van der Waals surface area (Å²) in [5.41, 5.74) is -0.541. The quantitative estimate of drug-likeness (QED) is 0.901. The molecule has 1 amide bonds. The molecule has 0 aliphatic heterocycles. The highest BCUT2D eigenvalue weighted by Crippen LogP contribution is 2.31. The van der Waals surface area contributed by atoms with Gasteiger partial charge < -0.3 is 10.4 Å². The van der Waals surface area contributed by atoms with E-state index in [1.54, 1.807) is 0 Å². The van der Waals surface area contributed by atoms with Crippen LogP contribution in [0.1, 0.15) is 43.0 Å². The van der Waals surface area contributed by atoms with Crippen LogP contribution in [0.5, 0.6) is 0 Å². The van der Waals surface area contributed by atoms with Crippen LogP contribution in [0.2, 0.25) is 5.02 Å². The molecule has 2 rings (SSSR count). The van der Waals surface area contributed by atoms with Crippen molar-refractivity contribution in [1.82, 2.24) is 5.32 Å². The second kappa shape index (κ2) is 6.10. The normalized spacial score (nSPS) is 26.3. The van der Waals surface area contributed by atoms with Crippen LogP contribution in [-0.2, 0) is 0 Å². The van der Waals surface area contributed by atoms with Crippen molar-refractivity contribution in [3.8, 4) is 0 Å². The highest BCUT2D eigenvalue weighted by molar-refractivity contribution is 6.31. The number of benzene rings is 1. The molecule has 3 nitrogen and oxygen atoms in total. The molecule has 1 fully saturated rings. The summed E-state index contributed by atoms with van der Waals surface area (Å²) in [5, 5.41) is 13.1. The summed E-state index contributed by atoms with van der Waals surface area (Å²) in [6.07, 6.45) is 3.47. The van der Waals surface area contributed by atoms with Crippen molar-refractivity contribution < 1.29 is 14.3 Å². The minimum Gasteiger partial charge on any atom is -0.388 e. The fraction of sp³-hybridized carbons (Fsp3) is 0.533. The number of hydrogen-bond donors (Lipinski definition) is 2. The Kier molecular flexibility index (Phi) is 4.66. The fourth-order valence-corrected chi connectivity index (χ4v) is 2.96. The van der Waals surface area contributed by atoms with Gasteiger partial charge >= 0.3 is 0 Å². The number of aliphatic hydroxyl groups is 1. The summed E-state index contributed by atoms with van der Waals surface area (Å²) < 4.78 is 13.0.